The fourth-order valence-corrected chi connectivity index (χ4v) is 1.77. The molecule has 0 amide bonds. The van der Waals surface area contributed by atoms with Gasteiger partial charge in [0.25, 0.3) is 0 Å². The fraction of sp³-hybridized carbons (Fsp3) is 0. The summed E-state index contributed by atoms with van der Waals surface area (Å²) in [5, 5.41) is 0.263. The second-order valence-corrected chi connectivity index (χ2v) is 4.27. The number of halogens is 4. The van der Waals surface area contributed by atoms with E-state index in [9.17, 15) is 8.78 Å². The first-order valence-electron chi connectivity index (χ1n) is 4.96. The van der Waals surface area contributed by atoms with Gasteiger partial charge in [-0.1, -0.05) is 23.2 Å². The smallest absolute Gasteiger partial charge is 0.240 e. The normalized spacial score (nSPS) is 10.4. The van der Waals surface area contributed by atoms with Crippen LogP contribution in [0.25, 0.3) is 0 Å². The van der Waals surface area contributed by atoms with Crippen LogP contribution in [0.1, 0.15) is 0 Å². The third-order valence-electron chi connectivity index (χ3n) is 2.08. The lowest BCUT2D eigenvalue weighted by atomic mass is 10.3. The maximum absolute atomic E-state index is 13.0. The van der Waals surface area contributed by atoms with Gasteiger partial charge in [-0.2, -0.15) is 4.98 Å². The first-order valence-corrected chi connectivity index (χ1v) is 5.72. The first-order chi connectivity index (χ1) is 8.99. The molecule has 0 bridgehead atoms. The SMILES string of the molecule is NNc1nc(Oc2cc(F)cc(F)c2)c(Cl)cc1Cl. The summed E-state index contributed by atoms with van der Waals surface area (Å²) in [6.45, 7) is 0. The molecule has 0 fully saturated rings. The van der Waals surface area contributed by atoms with E-state index in [-0.39, 0.29) is 27.5 Å². The van der Waals surface area contributed by atoms with Crippen LogP contribution in [0.3, 0.4) is 0 Å². The summed E-state index contributed by atoms with van der Waals surface area (Å²) in [6.07, 6.45) is 0. The Morgan fingerprint density at radius 1 is 1.05 bits per heavy atom. The highest BCUT2D eigenvalue weighted by atomic mass is 35.5. The molecule has 19 heavy (non-hydrogen) atoms. The molecule has 3 N–H and O–H groups in total. The van der Waals surface area contributed by atoms with Crippen molar-refractivity contribution in [3.8, 4) is 11.6 Å². The summed E-state index contributed by atoms with van der Waals surface area (Å²) < 4.78 is 31.2. The summed E-state index contributed by atoms with van der Waals surface area (Å²) in [7, 11) is 0. The Morgan fingerprint density at radius 3 is 2.26 bits per heavy atom. The minimum absolute atomic E-state index is 0.0775. The number of ether oxygens (including phenoxy) is 1. The lowest BCUT2D eigenvalue weighted by Crippen LogP contribution is -2.09. The van der Waals surface area contributed by atoms with Gasteiger partial charge in [0, 0.05) is 18.2 Å². The molecular weight excluding hydrogens is 299 g/mol. The minimum Gasteiger partial charge on any atom is -0.437 e. The van der Waals surface area contributed by atoms with Gasteiger partial charge >= 0.3 is 0 Å². The predicted octanol–water partition coefficient (Wildman–Crippen LogP) is 3.74. The van der Waals surface area contributed by atoms with Crippen molar-refractivity contribution in [2.45, 2.75) is 0 Å². The van der Waals surface area contributed by atoms with Gasteiger partial charge < -0.3 is 10.2 Å². The molecule has 0 radical (unpaired) electrons. The van der Waals surface area contributed by atoms with E-state index >= 15 is 0 Å². The van der Waals surface area contributed by atoms with Crippen LogP contribution in [0.4, 0.5) is 14.6 Å². The van der Waals surface area contributed by atoms with Crippen molar-refractivity contribution in [1.82, 2.24) is 4.98 Å². The lowest BCUT2D eigenvalue weighted by molar-refractivity contribution is 0.452. The highest BCUT2D eigenvalue weighted by Crippen LogP contribution is 2.33. The molecule has 0 aliphatic heterocycles. The van der Waals surface area contributed by atoms with Crippen molar-refractivity contribution in [3.05, 3.63) is 45.9 Å². The quantitative estimate of drug-likeness (QED) is 0.670. The topological polar surface area (TPSA) is 60.2 Å². The number of pyridine rings is 1. The van der Waals surface area contributed by atoms with E-state index in [1.807, 2.05) is 0 Å². The zero-order chi connectivity index (χ0) is 14.0. The molecule has 2 aromatic rings. The van der Waals surface area contributed by atoms with E-state index in [1.54, 1.807) is 0 Å². The molecule has 100 valence electrons. The number of benzene rings is 1. The molecule has 1 aromatic carbocycles. The number of anilines is 1. The molecular formula is C11H7Cl2F2N3O. The van der Waals surface area contributed by atoms with Crippen molar-refractivity contribution in [1.29, 1.82) is 0 Å². The molecule has 0 spiro atoms. The Bertz CT molecular complexity index is 605. The second kappa shape index (κ2) is 5.56. The summed E-state index contributed by atoms with van der Waals surface area (Å²) >= 11 is 11.6. The number of nitrogens with two attached hydrogens (primary N) is 1. The summed E-state index contributed by atoms with van der Waals surface area (Å²) in [5.41, 5.74) is 2.24. The molecule has 4 nitrogen and oxygen atoms in total. The Kier molecular flexibility index (Phi) is 4.04. The van der Waals surface area contributed by atoms with Crippen molar-refractivity contribution in [2.75, 3.05) is 5.43 Å². The zero-order valence-corrected chi connectivity index (χ0v) is 10.8. The predicted molar refractivity (Wildman–Crippen MR) is 68.5 cm³/mol. The monoisotopic (exact) mass is 305 g/mol. The lowest BCUT2D eigenvalue weighted by Gasteiger charge is -2.09. The second-order valence-electron chi connectivity index (χ2n) is 3.46. The van der Waals surface area contributed by atoms with E-state index in [1.165, 1.54) is 6.07 Å². The van der Waals surface area contributed by atoms with Crippen LogP contribution in [0.2, 0.25) is 10.0 Å². The number of nitrogens with zero attached hydrogens (tertiary/aromatic N) is 1. The number of hydrazine groups is 1. The van der Waals surface area contributed by atoms with Gasteiger partial charge in [-0.05, 0) is 6.07 Å². The van der Waals surface area contributed by atoms with Crippen LogP contribution in [0.15, 0.2) is 24.3 Å². The van der Waals surface area contributed by atoms with Crippen molar-refractivity contribution < 1.29 is 13.5 Å². The van der Waals surface area contributed by atoms with E-state index in [0.29, 0.717) is 0 Å². The van der Waals surface area contributed by atoms with Crippen LogP contribution in [-0.2, 0) is 0 Å². The van der Waals surface area contributed by atoms with Crippen molar-refractivity contribution in [3.63, 3.8) is 0 Å². The minimum atomic E-state index is -0.780. The molecule has 0 saturated heterocycles. The van der Waals surface area contributed by atoms with Crippen LogP contribution in [0, 0.1) is 11.6 Å². The van der Waals surface area contributed by atoms with E-state index in [2.05, 4.69) is 10.4 Å². The van der Waals surface area contributed by atoms with Crippen molar-refractivity contribution >= 4 is 29.0 Å². The summed E-state index contributed by atoms with van der Waals surface area (Å²) in [6, 6.07) is 4.05. The van der Waals surface area contributed by atoms with Crippen molar-refractivity contribution in [2.24, 2.45) is 5.84 Å². The Labute approximate surface area is 117 Å². The number of nitrogen functional groups attached to an aromatic ring is 1. The molecule has 0 atom stereocenters. The average molecular weight is 306 g/mol. The summed E-state index contributed by atoms with van der Waals surface area (Å²) in [4.78, 5) is 3.88. The van der Waals surface area contributed by atoms with Crippen LogP contribution < -0.4 is 16.0 Å². The van der Waals surface area contributed by atoms with Gasteiger partial charge in [-0.25, -0.2) is 14.6 Å². The van der Waals surface area contributed by atoms with E-state index < -0.39 is 11.6 Å². The number of hydrogen-bond donors (Lipinski definition) is 2. The number of hydrogen-bond acceptors (Lipinski definition) is 4. The molecule has 0 aliphatic rings. The van der Waals surface area contributed by atoms with Gasteiger partial charge in [0.2, 0.25) is 5.88 Å². The first kappa shape index (κ1) is 13.8. The maximum atomic E-state index is 13.0. The Hall–Kier alpha value is -1.63. The van der Waals surface area contributed by atoms with Crippen LogP contribution in [-0.4, -0.2) is 4.98 Å². The fourth-order valence-electron chi connectivity index (χ4n) is 1.32. The van der Waals surface area contributed by atoms with Gasteiger partial charge in [0.15, 0.2) is 5.82 Å². The average Bonchev–Trinajstić information content (AvgIpc) is 2.31. The highest BCUT2D eigenvalue weighted by Gasteiger charge is 2.12. The largest absolute Gasteiger partial charge is 0.437 e. The van der Waals surface area contributed by atoms with Crippen LogP contribution >= 0.6 is 23.2 Å². The van der Waals surface area contributed by atoms with Gasteiger partial charge in [0.05, 0.1) is 5.02 Å². The number of nitrogens with one attached hydrogen (secondary N) is 1. The highest BCUT2D eigenvalue weighted by molar-refractivity contribution is 6.36. The molecule has 0 unspecified atom stereocenters. The summed E-state index contributed by atoms with van der Waals surface area (Å²) in [5.74, 6) is 3.59. The standard InChI is InChI=1S/C11H7Cl2F2N3O/c12-8-4-9(13)11(17-10(8)18-16)19-7-2-5(14)1-6(15)3-7/h1-4H,16H2,(H,17,18). The Balaban J connectivity index is 2.37. The molecule has 1 heterocycles. The molecule has 2 rings (SSSR count). The van der Waals surface area contributed by atoms with E-state index in [0.717, 1.165) is 18.2 Å². The number of rotatable bonds is 3. The Morgan fingerprint density at radius 2 is 1.68 bits per heavy atom. The van der Waals surface area contributed by atoms with Crippen LogP contribution in [0.5, 0.6) is 11.6 Å². The van der Waals surface area contributed by atoms with E-state index in [4.69, 9.17) is 33.8 Å². The molecule has 0 saturated carbocycles. The molecule has 8 heteroatoms. The maximum Gasteiger partial charge on any atom is 0.240 e. The zero-order valence-electron chi connectivity index (χ0n) is 9.25. The molecule has 0 aliphatic carbocycles. The third-order valence-corrected chi connectivity index (χ3v) is 2.64. The third kappa shape index (κ3) is 3.23. The van der Waals surface area contributed by atoms with Gasteiger partial charge in [0.1, 0.15) is 22.4 Å². The molecule has 1 aromatic heterocycles. The number of aromatic nitrogens is 1. The van der Waals surface area contributed by atoms with Gasteiger partial charge in [-0.3, -0.25) is 0 Å². The van der Waals surface area contributed by atoms with Gasteiger partial charge in [-0.15, -0.1) is 0 Å².